The summed E-state index contributed by atoms with van der Waals surface area (Å²) in [6.07, 6.45) is 0. The Kier molecular flexibility index (Phi) is 6.84. The van der Waals surface area contributed by atoms with E-state index in [1.165, 1.54) is 26.4 Å². The van der Waals surface area contributed by atoms with Crippen LogP contribution in [0.5, 0.6) is 17.2 Å². The average Bonchev–Trinajstić information content (AvgIpc) is 2.69. The van der Waals surface area contributed by atoms with Crippen LogP contribution in [0, 0.1) is 0 Å². The highest BCUT2D eigenvalue weighted by Crippen LogP contribution is 2.27. The number of carbonyl (C=O) groups excluding carboxylic acids is 2. The van der Waals surface area contributed by atoms with Crippen molar-refractivity contribution in [2.75, 3.05) is 27.9 Å². The third kappa shape index (κ3) is 4.89. The van der Waals surface area contributed by atoms with E-state index in [0.29, 0.717) is 17.2 Å². The van der Waals surface area contributed by atoms with E-state index in [-0.39, 0.29) is 18.7 Å². The number of amides is 1. The first-order valence-corrected chi connectivity index (χ1v) is 7.86. The summed E-state index contributed by atoms with van der Waals surface area (Å²) in [6.45, 7) is -0.112. The maximum Gasteiger partial charge on any atom is 0.338 e. The second-order valence-corrected chi connectivity index (χ2v) is 5.23. The minimum atomic E-state index is -0.626. The molecule has 0 aromatic heterocycles. The van der Waals surface area contributed by atoms with Crippen LogP contribution in [0.4, 0.5) is 0 Å². The van der Waals surface area contributed by atoms with Gasteiger partial charge in [-0.05, 0) is 24.3 Å². The highest BCUT2D eigenvalue weighted by molar-refractivity contribution is 5.92. The molecule has 2 aromatic carbocycles. The molecular weight excluding hydrogens is 338 g/mol. The molecule has 1 N–H and O–H groups in total. The molecule has 0 aliphatic rings. The molecule has 0 unspecified atom stereocenters. The first kappa shape index (κ1) is 19.1. The van der Waals surface area contributed by atoms with Crippen molar-refractivity contribution in [1.82, 2.24) is 5.32 Å². The van der Waals surface area contributed by atoms with Gasteiger partial charge in [0.25, 0.3) is 5.91 Å². The van der Waals surface area contributed by atoms with E-state index in [9.17, 15) is 9.59 Å². The molecule has 0 aliphatic heterocycles. The molecule has 0 saturated heterocycles. The second kappa shape index (κ2) is 9.31. The Balaban J connectivity index is 1.88. The largest absolute Gasteiger partial charge is 0.496 e. The number of rotatable bonds is 8. The topological polar surface area (TPSA) is 83.1 Å². The molecule has 0 aliphatic carbocycles. The smallest absolute Gasteiger partial charge is 0.338 e. The van der Waals surface area contributed by atoms with Crippen molar-refractivity contribution in [2.45, 2.75) is 6.54 Å². The first-order chi connectivity index (χ1) is 12.6. The lowest BCUT2D eigenvalue weighted by Crippen LogP contribution is -2.28. The third-order valence-electron chi connectivity index (χ3n) is 3.62. The summed E-state index contributed by atoms with van der Waals surface area (Å²) >= 11 is 0. The van der Waals surface area contributed by atoms with E-state index < -0.39 is 11.9 Å². The molecule has 0 bridgehead atoms. The molecule has 7 nitrogen and oxygen atoms in total. The number of methoxy groups -OCH3 is 3. The lowest BCUT2D eigenvalue weighted by molar-refractivity contribution is -0.124. The summed E-state index contributed by atoms with van der Waals surface area (Å²) in [7, 11) is 4.53. The highest BCUT2D eigenvalue weighted by Gasteiger charge is 2.14. The van der Waals surface area contributed by atoms with Crippen LogP contribution in [0.15, 0.2) is 42.5 Å². The molecule has 0 saturated carbocycles. The molecular formula is C19H21NO6. The van der Waals surface area contributed by atoms with Gasteiger partial charge >= 0.3 is 5.97 Å². The van der Waals surface area contributed by atoms with E-state index in [4.69, 9.17) is 18.9 Å². The maximum atomic E-state index is 12.1. The first-order valence-electron chi connectivity index (χ1n) is 7.86. The van der Waals surface area contributed by atoms with Crippen LogP contribution >= 0.6 is 0 Å². The standard InChI is InChI=1S/C19H21NO6/c1-23-15-7-5-4-6-14(15)11-20-18(21)12-26-19(22)13-8-9-16(24-2)17(10-13)25-3/h4-10H,11-12H2,1-3H3,(H,20,21). The second-order valence-electron chi connectivity index (χ2n) is 5.23. The van der Waals surface area contributed by atoms with Gasteiger partial charge in [0.1, 0.15) is 5.75 Å². The molecule has 1 amide bonds. The van der Waals surface area contributed by atoms with Gasteiger partial charge in [0.15, 0.2) is 18.1 Å². The minimum Gasteiger partial charge on any atom is -0.496 e. The Morgan fingerprint density at radius 1 is 0.885 bits per heavy atom. The normalized spacial score (nSPS) is 9.96. The summed E-state index contributed by atoms with van der Waals surface area (Å²) in [5.74, 6) is 0.541. The number of carbonyl (C=O) groups is 2. The van der Waals surface area contributed by atoms with Crippen LogP contribution in [-0.2, 0) is 16.1 Å². The van der Waals surface area contributed by atoms with E-state index >= 15 is 0 Å². The molecule has 2 aromatic rings. The van der Waals surface area contributed by atoms with Gasteiger partial charge in [-0.2, -0.15) is 0 Å². The maximum absolute atomic E-state index is 12.1. The molecule has 0 spiro atoms. The number of hydrogen-bond donors (Lipinski definition) is 1. The summed E-state index contributed by atoms with van der Waals surface area (Å²) in [4.78, 5) is 24.0. The fourth-order valence-electron chi connectivity index (χ4n) is 2.27. The van der Waals surface area contributed by atoms with Crippen molar-refractivity contribution in [3.05, 3.63) is 53.6 Å². The fourth-order valence-corrected chi connectivity index (χ4v) is 2.27. The van der Waals surface area contributed by atoms with Gasteiger partial charge in [-0.25, -0.2) is 4.79 Å². The molecule has 0 atom stereocenters. The zero-order valence-electron chi connectivity index (χ0n) is 14.9. The van der Waals surface area contributed by atoms with Gasteiger partial charge in [-0.1, -0.05) is 18.2 Å². The summed E-state index contributed by atoms with van der Waals surface area (Å²) in [6, 6.07) is 12.0. The SMILES string of the molecule is COc1ccccc1CNC(=O)COC(=O)c1ccc(OC)c(OC)c1. The number of esters is 1. The van der Waals surface area contributed by atoms with E-state index in [2.05, 4.69) is 5.32 Å². The van der Waals surface area contributed by atoms with Crippen molar-refractivity contribution in [3.63, 3.8) is 0 Å². The zero-order valence-corrected chi connectivity index (χ0v) is 14.9. The summed E-state index contributed by atoms with van der Waals surface area (Å²) in [5, 5.41) is 2.68. The third-order valence-corrected chi connectivity index (χ3v) is 3.62. The van der Waals surface area contributed by atoms with Crippen LogP contribution in [-0.4, -0.2) is 39.8 Å². The monoisotopic (exact) mass is 359 g/mol. The number of para-hydroxylation sites is 1. The van der Waals surface area contributed by atoms with E-state index in [1.807, 2.05) is 18.2 Å². The van der Waals surface area contributed by atoms with Gasteiger partial charge < -0.3 is 24.3 Å². The molecule has 2 rings (SSSR count). The lowest BCUT2D eigenvalue weighted by atomic mass is 10.2. The number of ether oxygens (including phenoxy) is 4. The van der Waals surface area contributed by atoms with Crippen LogP contribution in [0.2, 0.25) is 0 Å². The van der Waals surface area contributed by atoms with Gasteiger partial charge in [-0.3, -0.25) is 4.79 Å². The average molecular weight is 359 g/mol. The van der Waals surface area contributed by atoms with Crippen LogP contribution in [0.1, 0.15) is 15.9 Å². The van der Waals surface area contributed by atoms with Gasteiger partial charge in [0, 0.05) is 12.1 Å². The van der Waals surface area contributed by atoms with Gasteiger partial charge in [-0.15, -0.1) is 0 Å². The fraction of sp³-hybridized carbons (Fsp3) is 0.263. The molecule has 0 fully saturated rings. The Hall–Kier alpha value is -3.22. The molecule has 0 heterocycles. The minimum absolute atomic E-state index is 0.264. The van der Waals surface area contributed by atoms with Crippen molar-refractivity contribution < 1.29 is 28.5 Å². The van der Waals surface area contributed by atoms with Crippen LogP contribution in [0.3, 0.4) is 0 Å². The molecule has 0 radical (unpaired) electrons. The number of nitrogens with one attached hydrogen (secondary N) is 1. The highest BCUT2D eigenvalue weighted by atomic mass is 16.5. The van der Waals surface area contributed by atoms with Crippen molar-refractivity contribution >= 4 is 11.9 Å². The van der Waals surface area contributed by atoms with Gasteiger partial charge in [0.05, 0.1) is 26.9 Å². The molecule has 26 heavy (non-hydrogen) atoms. The Bertz CT molecular complexity index is 774. The van der Waals surface area contributed by atoms with Crippen LogP contribution < -0.4 is 19.5 Å². The van der Waals surface area contributed by atoms with Gasteiger partial charge in [0.2, 0.25) is 0 Å². The lowest BCUT2D eigenvalue weighted by Gasteiger charge is -2.11. The van der Waals surface area contributed by atoms with Crippen LogP contribution in [0.25, 0.3) is 0 Å². The van der Waals surface area contributed by atoms with Crippen molar-refractivity contribution in [1.29, 1.82) is 0 Å². The Labute approximate surface area is 151 Å². The quantitative estimate of drug-likeness (QED) is 0.728. The van der Waals surface area contributed by atoms with Crippen molar-refractivity contribution in [3.8, 4) is 17.2 Å². The number of benzene rings is 2. The molecule has 7 heteroatoms. The van der Waals surface area contributed by atoms with E-state index in [0.717, 1.165) is 5.56 Å². The Morgan fingerprint density at radius 3 is 2.27 bits per heavy atom. The van der Waals surface area contributed by atoms with Crippen molar-refractivity contribution in [2.24, 2.45) is 0 Å². The number of hydrogen-bond acceptors (Lipinski definition) is 6. The Morgan fingerprint density at radius 2 is 1.58 bits per heavy atom. The zero-order chi connectivity index (χ0) is 18.9. The summed E-state index contributed by atoms with van der Waals surface area (Å²) in [5.41, 5.74) is 1.09. The van der Waals surface area contributed by atoms with E-state index in [1.54, 1.807) is 19.2 Å². The summed E-state index contributed by atoms with van der Waals surface area (Å²) < 4.78 is 20.5. The predicted octanol–water partition coefficient (Wildman–Crippen LogP) is 2.19. The molecule has 138 valence electrons. The predicted molar refractivity (Wildman–Crippen MR) is 94.7 cm³/mol.